The van der Waals surface area contributed by atoms with Crippen molar-refractivity contribution >= 4 is 11.0 Å². The summed E-state index contributed by atoms with van der Waals surface area (Å²) in [4.78, 5) is 1.33. The first-order chi connectivity index (χ1) is 9.04. The molecule has 0 aliphatic carbocycles. The van der Waals surface area contributed by atoms with Crippen molar-refractivity contribution in [3.8, 4) is 11.4 Å². The molecule has 19 heavy (non-hydrogen) atoms. The van der Waals surface area contributed by atoms with E-state index in [-0.39, 0.29) is 11.6 Å². The molecule has 4 nitrogen and oxygen atoms in total. The third-order valence-corrected chi connectivity index (χ3v) is 2.98. The van der Waals surface area contributed by atoms with E-state index in [2.05, 4.69) is 10.2 Å². The molecule has 0 saturated carbocycles. The molecule has 1 N–H and O–H groups in total. The van der Waals surface area contributed by atoms with Gasteiger partial charge in [0.25, 0.3) is 0 Å². The summed E-state index contributed by atoms with van der Waals surface area (Å²) in [5.41, 5.74) is 3.29. The summed E-state index contributed by atoms with van der Waals surface area (Å²) in [6.07, 6.45) is 0. The third-order valence-electron chi connectivity index (χ3n) is 2.98. The molecule has 0 aliphatic rings. The second kappa shape index (κ2) is 4.05. The maximum atomic E-state index is 13.1. The van der Waals surface area contributed by atoms with Crippen molar-refractivity contribution in [3.05, 3.63) is 47.3 Å². The average Bonchev–Trinajstić information content (AvgIpc) is 2.76. The zero-order valence-electron chi connectivity index (χ0n) is 10.6. The number of aromatic nitrogens is 3. The van der Waals surface area contributed by atoms with E-state index in [9.17, 15) is 9.50 Å². The van der Waals surface area contributed by atoms with Crippen molar-refractivity contribution in [1.82, 2.24) is 15.0 Å². The van der Waals surface area contributed by atoms with Gasteiger partial charge in [0, 0.05) is 6.07 Å². The number of phenolic OH excluding ortho intramolecular Hbond substituents is 1. The van der Waals surface area contributed by atoms with Crippen LogP contribution >= 0.6 is 0 Å². The van der Waals surface area contributed by atoms with Gasteiger partial charge in [-0.15, -0.1) is 15.0 Å². The van der Waals surface area contributed by atoms with E-state index in [4.69, 9.17) is 0 Å². The highest BCUT2D eigenvalue weighted by Crippen LogP contribution is 2.27. The van der Waals surface area contributed by atoms with Crippen LogP contribution in [-0.2, 0) is 0 Å². The quantitative estimate of drug-likeness (QED) is 0.729. The van der Waals surface area contributed by atoms with Gasteiger partial charge in [0.15, 0.2) is 0 Å². The van der Waals surface area contributed by atoms with Crippen molar-refractivity contribution in [2.45, 2.75) is 13.8 Å². The van der Waals surface area contributed by atoms with Crippen LogP contribution in [0.1, 0.15) is 11.1 Å². The molecule has 2 aromatic carbocycles. The summed E-state index contributed by atoms with van der Waals surface area (Å²) in [7, 11) is 0. The third kappa shape index (κ3) is 1.93. The molecule has 5 heteroatoms. The highest BCUT2D eigenvalue weighted by Gasteiger charge is 2.11. The molecule has 1 heterocycles. The number of hydrogen-bond donors (Lipinski definition) is 1. The van der Waals surface area contributed by atoms with Gasteiger partial charge >= 0.3 is 0 Å². The zero-order valence-corrected chi connectivity index (χ0v) is 10.6. The number of aryl methyl sites for hydroxylation is 2. The smallest absolute Gasteiger partial charge is 0.146 e. The van der Waals surface area contributed by atoms with Gasteiger partial charge in [-0.1, -0.05) is 6.07 Å². The van der Waals surface area contributed by atoms with Crippen LogP contribution < -0.4 is 0 Å². The lowest BCUT2D eigenvalue weighted by Gasteiger charge is -2.07. The minimum atomic E-state index is -0.357. The van der Waals surface area contributed by atoms with E-state index in [0.717, 1.165) is 11.1 Å². The summed E-state index contributed by atoms with van der Waals surface area (Å²) < 4.78 is 13.1. The van der Waals surface area contributed by atoms with E-state index < -0.39 is 0 Å². The molecule has 3 rings (SSSR count). The Balaban J connectivity index is 2.24. The van der Waals surface area contributed by atoms with Crippen LogP contribution in [0.3, 0.4) is 0 Å². The molecule has 3 aromatic rings. The molecule has 1 aromatic heterocycles. The van der Waals surface area contributed by atoms with E-state index >= 15 is 0 Å². The second-order valence-electron chi connectivity index (χ2n) is 4.57. The van der Waals surface area contributed by atoms with Crippen LogP contribution in [0.4, 0.5) is 4.39 Å². The predicted molar refractivity (Wildman–Crippen MR) is 70.0 cm³/mol. The Hall–Kier alpha value is -2.43. The van der Waals surface area contributed by atoms with Gasteiger partial charge < -0.3 is 5.11 Å². The minimum Gasteiger partial charge on any atom is -0.505 e. The standard InChI is InChI=1S/C14H12FN3O/c1-8-5-9(2)14(19)13(6-8)18-16-11-4-3-10(15)7-12(11)17-18/h3-7,19H,1-2H3. The van der Waals surface area contributed by atoms with Crippen molar-refractivity contribution in [1.29, 1.82) is 0 Å². The Bertz CT molecular complexity index is 780. The molecule has 96 valence electrons. The maximum Gasteiger partial charge on any atom is 0.146 e. The van der Waals surface area contributed by atoms with Gasteiger partial charge in [-0.05, 0) is 43.2 Å². The van der Waals surface area contributed by atoms with E-state index in [1.165, 1.54) is 16.9 Å². The summed E-state index contributed by atoms with van der Waals surface area (Å²) in [5, 5.41) is 18.5. The van der Waals surface area contributed by atoms with E-state index in [0.29, 0.717) is 16.7 Å². The van der Waals surface area contributed by atoms with Crippen LogP contribution in [0.25, 0.3) is 16.7 Å². The van der Waals surface area contributed by atoms with Crippen molar-refractivity contribution < 1.29 is 9.50 Å². The topological polar surface area (TPSA) is 50.9 Å². The van der Waals surface area contributed by atoms with Crippen LogP contribution in [0.15, 0.2) is 30.3 Å². The number of rotatable bonds is 1. The number of fused-ring (bicyclic) bond motifs is 1. The number of nitrogens with zero attached hydrogens (tertiary/aromatic N) is 3. The first-order valence-corrected chi connectivity index (χ1v) is 5.88. The fourth-order valence-corrected chi connectivity index (χ4v) is 2.09. The summed E-state index contributed by atoms with van der Waals surface area (Å²) in [6, 6.07) is 7.88. The highest BCUT2D eigenvalue weighted by atomic mass is 19.1. The molecule has 0 unspecified atom stereocenters. The van der Waals surface area contributed by atoms with Gasteiger partial charge in [0.1, 0.15) is 28.3 Å². The highest BCUT2D eigenvalue weighted by molar-refractivity contribution is 5.74. The fraction of sp³-hybridized carbons (Fsp3) is 0.143. The SMILES string of the molecule is Cc1cc(C)c(O)c(-n2nc3ccc(F)cc3n2)c1. The second-order valence-corrected chi connectivity index (χ2v) is 4.57. The van der Waals surface area contributed by atoms with E-state index in [1.807, 2.05) is 19.9 Å². The van der Waals surface area contributed by atoms with Gasteiger partial charge in [0.2, 0.25) is 0 Å². The van der Waals surface area contributed by atoms with Crippen LogP contribution in [0.5, 0.6) is 5.75 Å². The average molecular weight is 257 g/mol. The summed E-state index contributed by atoms with van der Waals surface area (Å²) >= 11 is 0. The largest absolute Gasteiger partial charge is 0.505 e. The molecule has 0 radical (unpaired) electrons. The van der Waals surface area contributed by atoms with Crippen molar-refractivity contribution in [3.63, 3.8) is 0 Å². The molecule has 0 fully saturated rings. The Kier molecular flexibility index (Phi) is 2.48. The van der Waals surface area contributed by atoms with E-state index in [1.54, 1.807) is 12.1 Å². The Morgan fingerprint density at radius 3 is 2.58 bits per heavy atom. The van der Waals surface area contributed by atoms with Crippen LogP contribution in [-0.4, -0.2) is 20.1 Å². The molecule has 0 aliphatic heterocycles. The van der Waals surface area contributed by atoms with Crippen LogP contribution in [0, 0.1) is 19.7 Å². The van der Waals surface area contributed by atoms with Gasteiger partial charge in [-0.25, -0.2) is 4.39 Å². The van der Waals surface area contributed by atoms with Crippen LogP contribution in [0.2, 0.25) is 0 Å². The summed E-state index contributed by atoms with van der Waals surface area (Å²) in [6.45, 7) is 3.74. The Morgan fingerprint density at radius 2 is 1.79 bits per heavy atom. The molecule has 0 spiro atoms. The Labute approximate surface area is 109 Å². The molecule has 0 bridgehead atoms. The fourth-order valence-electron chi connectivity index (χ4n) is 2.09. The lowest BCUT2D eigenvalue weighted by atomic mass is 10.1. The molecular weight excluding hydrogens is 245 g/mol. The number of hydrogen-bond acceptors (Lipinski definition) is 3. The minimum absolute atomic E-state index is 0.131. The zero-order chi connectivity index (χ0) is 13.6. The Morgan fingerprint density at radius 1 is 1.05 bits per heavy atom. The molecule has 0 saturated heterocycles. The first kappa shape index (κ1) is 11.6. The monoisotopic (exact) mass is 257 g/mol. The predicted octanol–water partition coefficient (Wildman–Crippen LogP) is 2.88. The number of halogens is 1. The summed E-state index contributed by atoms with van der Waals surface area (Å²) in [5.74, 6) is -0.226. The van der Waals surface area contributed by atoms with Gasteiger partial charge in [-0.3, -0.25) is 0 Å². The van der Waals surface area contributed by atoms with Gasteiger partial charge in [0.05, 0.1) is 0 Å². The lowest BCUT2D eigenvalue weighted by Crippen LogP contribution is -2.00. The lowest BCUT2D eigenvalue weighted by molar-refractivity contribution is 0.463. The number of aromatic hydroxyl groups is 1. The van der Waals surface area contributed by atoms with Gasteiger partial charge in [-0.2, -0.15) is 0 Å². The first-order valence-electron chi connectivity index (χ1n) is 5.88. The number of benzene rings is 2. The molecule has 0 amide bonds. The van der Waals surface area contributed by atoms with Crippen molar-refractivity contribution in [2.24, 2.45) is 0 Å². The number of phenols is 1. The molecular formula is C14H12FN3O. The maximum absolute atomic E-state index is 13.1. The molecule has 0 atom stereocenters. The van der Waals surface area contributed by atoms with Crippen molar-refractivity contribution in [2.75, 3.05) is 0 Å². The normalized spacial score (nSPS) is 11.1.